The fourth-order valence-corrected chi connectivity index (χ4v) is 3.16. The number of hydrogen-bond acceptors (Lipinski definition) is 2. The third-order valence-electron chi connectivity index (χ3n) is 4.48. The van der Waals surface area contributed by atoms with E-state index in [9.17, 15) is 9.90 Å². The van der Waals surface area contributed by atoms with Gasteiger partial charge in [-0.1, -0.05) is 30.7 Å². The van der Waals surface area contributed by atoms with Crippen LogP contribution in [-0.2, 0) is 4.79 Å². The lowest BCUT2D eigenvalue weighted by molar-refractivity contribution is -0.151. The summed E-state index contributed by atoms with van der Waals surface area (Å²) in [6.07, 6.45) is 2.42. The number of carboxylic acid groups (broad SMARTS) is 1. The fourth-order valence-electron chi connectivity index (χ4n) is 2.96. The monoisotopic (exact) mass is 295 g/mol. The molecule has 0 amide bonds. The van der Waals surface area contributed by atoms with Crippen molar-refractivity contribution in [1.29, 1.82) is 0 Å². The van der Waals surface area contributed by atoms with Crippen LogP contribution < -0.4 is 0 Å². The van der Waals surface area contributed by atoms with Crippen molar-refractivity contribution in [3.05, 3.63) is 34.9 Å². The van der Waals surface area contributed by atoms with Gasteiger partial charge in [0.05, 0.1) is 5.41 Å². The molecule has 0 saturated carbocycles. The molecule has 1 aromatic carbocycles. The SMILES string of the molecule is CCC(c1cccc(Cl)c1)N1CCC(C)(C(=O)O)CC1. The first-order chi connectivity index (χ1) is 9.46. The number of piperidine rings is 1. The molecule has 20 heavy (non-hydrogen) atoms. The summed E-state index contributed by atoms with van der Waals surface area (Å²) in [5.74, 6) is -0.673. The van der Waals surface area contributed by atoms with E-state index in [1.807, 2.05) is 25.1 Å². The maximum atomic E-state index is 11.3. The van der Waals surface area contributed by atoms with Crippen molar-refractivity contribution in [1.82, 2.24) is 4.90 Å². The Labute approximate surface area is 125 Å². The largest absolute Gasteiger partial charge is 0.481 e. The summed E-state index contributed by atoms with van der Waals surface area (Å²) >= 11 is 6.08. The third-order valence-corrected chi connectivity index (χ3v) is 4.71. The zero-order chi connectivity index (χ0) is 14.8. The second-order valence-electron chi connectivity index (χ2n) is 5.88. The van der Waals surface area contributed by atoms with Crippen LogP contribution in [0.1, 0.15) is 44.7 Å². The van der Waals surface area contributed by atoms with Gasteiger partial charge in [0.2, 0.25) is 0 Å². The molecular formula is C16H22ClNO2. The Bertz CT molecular complexity index is 481. The Kier molecular flexibility index (Phi) is 4.71. The highest BCUT2D eigenvalue weighted by atomic mass is 35.5. The molecule has 110 valence electrons. The van der Waals surface area contributed by atoms with Crippen molar-refractivity contribution in [3.63, 3.8) is 0 Å². The highest BCUT2D eigenvalue weighted by molar-refractivity contribution is 6.30. The highest BCUT2D eigenvalue weighted by Crippen LogP contribution is 2.36. The average Bonchev–Trinajstić information content (AvgIpc) is 2.42. The zero-order valence-corrected chi connectivity index (χ0v) is 12.9. The summed E-state index contributed by atoms with van der Waals surface area (Å²) in [7, 11) is 0. The van der Waals surface area contributed by atoms with Gasteiger partial charge in [0.15, 0.2) is 0 Å². The van der Waals surface area contributed by atoms with E-state index >= 15 is 0 Å². The number of hydrogen-bond donors (Lipinski definition) is 1. The standard InChI is InChI=1S/C16H22ClNO2/c1-3-14(12-5-4-6-13(17)11-12)18-9-7-16(2,8-10-18)15(19)20/h4-6,11,14H,3,7-10H2,1-2H3,(H,19,20). The van der Waals surface area contributed by atoms with Crippen LogP contribution in [0.15, 0.2) is 24.3 Å². The van der Waals surface area contributed by atoms with Crippen LogP contribution in [0.2, 0.25) is 5.02 Å². The number of carboxylic acids is 1. The van der Waals surface area contributed by atoms with Crippen LogP contribution in [0.3, 0.4) is 0 Å². The van der Waals surface area contributed by atoms with Crippen LogP contribution in [-0.4, -0.2) is 29.1 Å². The lowest BCUT2D eigenvalue weighted by atomic mass is 9.80. The molecule has 0 aromatic heterocycles. The predicted octanol–water partition coefficient (Wildman–Crippen LogP) is 3.98. The molecule has 4 heteroatoms. The molecule has 1 N–H and O–H groups in total. The lowest BCUT2D eigenvalue weighted by Crippen LogP contribution is -2.44. The molecule has 1 heterocycles. The second kappa shape index (κ2) is 6.15. The van der Waals surface area contributed by atoms with Crippen molar-refractivity contribution in [2.75, 3.05) is 13.1 Å². The Balaban J connectivity index is 2.10. The summed E-state index contributed by atoms with van der Waals surface area (Å²) < 4.78 is 0. The van der Waals surface area contributed by atoms with Gasteiger partial charge in [0, 0.05) is 11.1 Å². The van der Waals surface area contributed by atoms with Gasteiger partial charge in [-0.3, -0.25) is 9.69 Å². The van der Waals surface area contributed by atoms with Crippen LogP contribution in [0.5, 0.6) is 0 Å². The summed E-state index contributed by atoms with van der Waals surface area (Å²) in [6.45, 7) is 5.67. The van der Waals surface area contributed by atoms with E-state index in [1.54, 1.807) is 0 Å². The average molecular weight is 296 g/mol. The molecule has 0 aliphatic carbocycles. The molecular weight excluding hydrogens is 274 g/mol. The maximum Gasteiger partial charge on any atom is 0.309 e. The molecule has 0 bridgehead atoms. The molecule has 1 unspecified atom stereocenters. The molecule has 0 spiro atoms. The number of halogens is 1. The van der Waals surface area contributed by atoms with E-state index in [4.69, 9.17) is 11.6 Å². The van der Waals surface area contributed by atoms with Gasteiger partial charge in [0.25, 0.3) is 0 Å². The molecule has 3 nitrogen and oxygen atoms in total. The fraction of sp³-hybridized carbons (Fsp3) is 0.562. The van der Waals surface area contributed by atoms with Crippen molar-refractivity contribution in [2.24, 2.45) is 5.41 Å². The highest BCUT2D eigenvalue weighted by Gasteiger charge is 2.38. The van der Waals surface area contributed by atoms with Crippen molar-refractivity contribution in [3.8, 4) is 0 Å². The van der Waals surface area contributed by atoms with E-state index in [1.165, 1.54) is 5.56 Å². The topological polar surface area (TPSA) is 40.5 Å². The second-order valence-corrected chi connectivity index (χ2v) is 6.32. The van der Waals surface area contributed by atoms with Gasteiger partial charge >= 0.3 is 5.97 Å². The van der Waals surface area contributed by atoms with E-state index in [-0.39, 0.29) is 0 Å². The lowest BCUT2D eigenvalue weighted by Gasteiger charge is -2.40. The summed E-state index contributed by atoms with van der Waals surface area (Å²) in [6, 6.07) is 8.31. The first kappa shape index (κ1) is 15.3. The van der Waals surface area contributed by atoms with Gasteiger partial charge in [0.1, 0.15) is 0 Å². The van der Waals surface area contributed by atoms with E-state index in [0.717, 1.165) is 24.5 Å². The molecule has 0 radical (unpaired) electrons. The van der Waals surface area contributed by atoms with E-state index in [2.05, 4.69) is 17.9 Å². The quantitative estimate of drug-likeness (QED) is 0.913. The number of likely N-dealkylation sites (tertiary alicyclic amines) is 1. The van der Waals surface area contributed by atoms with Gasteiger partial charge < -0.3 is 5.11 Å². The van der Waals surface area contributed by atoms with Crippen molar-refractivity contribution < 1.29 is 9.90 Å². The number of benzene rings is 1. The summed E-state index contributed by atoms with van der Waals surface area (Å²) in [4.78, 5) is 13.7. The van der Waals surface area contributed by atoms with E-state index < -0.39 is 11.4 Å². The third kappa shape index (κ3) is 3.15. The first-order valence-corrected chi connectivity index (χ1v) is 7.57. The molecule has 1 aliphatic rings. The van der Waals surface area contributed by atoms with Crippen LogP contribution in [0.4, 0.5) is 0 Å². The molecule has 1 fully saturated rings. The predicted molar refractivity (Wildman–Crippen MR) is 81.0 cm³/mol. The number of aliphatic carboxylic acids is 1. The van der Waals surface area contributed by atoms with E-state index in [0.29, 0.717) is 18.9 Å². The van der Waals surface area contributed by atoms with Crippen molar-refractivity contribution in [2.45, 2.75) is 39.2 Å². The van der Waals surface area contributed by atoms with Gasteiger partial charge in [-0.25, -0.2) is 0 Å². The van der Waals surface area contributed by atoms with Gasteiger partial charge in [-0.15, -0.1) is 0 Å². The first-order valence-electron chi connectivity index (χ1n) is 7.19. The van der Waals surface area contributed by atoms with Gasteiger partial charge in [-0.2, -0.15) is 0 Å². The van der Waals surface area contributed by atoms with Crippen LogP contribution in [0, 0.1) is 5.41 Å². The number of rotatable bonds is 4. The summed E-state index contributed by atoms with van der Waals surface area (Å²) in [5.41, 5.74) is 0.655. The summed E-state index contributed by atoms with van der Waals surface area (Å²) in [5, 5.41) is 10.1. The Morgan fingerprint density at radius 2 is 2.10 bits per heavy atom. The zero-order valence-electron chi connectivity index (χ0n) is 12.1. The normalized spacial score (nSPS) is 20.6. The number of nitrogens with zero attached hydrogens (tertiary/aromatic N) is 1. The van der Waals surface area contributed by atoms with Gasteiger partial charge in [-0.05, 0) is 57.0 Å². The Morgan fingerprint density at radius 1 is 1.45 bits per heavy atom. The molecule has 1 saturated heterocycles. The van der Waals surface area contributed by atoms with Crippen LogP contribution >= 0.6 is 11.6 Å². The van der Waals surface area contributed by atoms with Crippen LogP contribution in [0.25, 0.3) is 0 Å². The number of carbonyl (C=O) groups is 1. The van der Waals surface area contributed by atoms with Crippen molar-refractivity contribution >= 4 is 17.6 Å². The molecule has 2 rings (SSSR count). The molecule has 1 atom stereocenters. The maximum absolute atomic E-state index is 11.3. The Morgan fingerprint density at radius 3 is 2.60 bits per heavy atom. The minimum absolute atomic E-state index is 0.326. The Hall–Kier alpha value is -1.06. The minimum atomic E-state index is -0.673. The molecule has 1 aliphatic heterocycles. The molecule has 1 aromatic rings. The minimum Gasteiger partial charge on any atom is -0.481 e. The smallest absolute Gasteiger partial charge is 0.309 e.